The van der Waals surface area contributed by atoms with Gasteiger partial charge in [0.15, 0.2) is 0 Å². The second kappa shape index (κ2) is 3.86. The molecule has 0 rings (SSSR count). The molecule has 0 fully saturated rings. The van der Waals surface area contributed by atoms with Gasteiger partial charge in [0.05, 0.1) is 0 Å². The fourth-order valence-corrected chi connectivity index (χ4v) is 0.0891. The van der Waals surface area contributed by atoms with Gasteiger partial charge in [0, 0.05) is 0 Å². The molecule has 28 valence electrons. The first-order chi connectivity index (χ1) is 2.41. The molecule has 2 heteroatoms. The van der Waals surface area contributed by atoms with E-state index in [1.807, 2.05) is 6.92 Å². The maximum absolute atomic E-state index is 10.8. The first kappa shape index (κ1) is 4.86. The molecule has 0 saturated carbocycles. The van der Waals surface area contributed by atoms with Gasteiger partial charge in [-0.25, -0.2) is 0 Å². The van der Waals surface area contributed by atoms with E-state index in [4.69, 9.17) is 0 Å². The van der Waals surface area contributed by atoms with Crippen molar-refractivity contribution < 1.29 is 4.32 Å². The van der Waals surface area contributed by atoms with E-state index in [-0.39, 0.29) is 0 Å². The minimum absolute atomic E-state index is 0.556. The molecular weight excluding hydrogens is 65.8 g/mol. The third-order valence-electron chi connectivity index (χ3n) is 0.325. The zero-order chi connectivity index (χ0) is 4.12. The molecule has 0 bridgehead atoms. The van der Waals surface area contributed by atoms with Gasteiger partial charge in [0.2, 0.25) is 0 Å². The number of rotatable bonds is 1. The maximum atomic E-state index is 10.8. The normalized spacial score (nSPS) is 8.40. The third-order valence-corrected chi connectivity index (χ3v) is 0.325. The molecular formula is C3H6BF. The first-order valence-electron chi connectivity index (χ1n) is 1.67. The molecule has 0 nitrogen and oxygen atoms in total. The molecule has 0 atom stereocenters. The third kappa shape index (κ3) is 3.86. The van der Waals surface area contributed by atoms with Crippen LogP contribution in [0.25, 0.3) is 0 Å². The molecule has 0 saturated heterocycles. The van der Waals surface area contributed by atoms with Crippen molar-refractivity contribution in [2.45, 2.75) is 13.3 Å². The van der Waals surface area contributed by atoms with Gasteiger partial charge in [-0.15, -0.1) is 0 Å². The van der Waals surface area contributed by atoms with Gasteiger partial charge < -0.3 is 0 Å². The van der Waals surface area contributed by atoms with Gasteiger partial charge in [0.25, 0.3) is 0 Å². The van der Waals surface area contributed by atoms with Crippen LogP contribution in [0.3, 0.4) is 0 Å². The van der Waals surface area contributed by atoms with E-state index < -0.39 is 0 Å². The summed E-state index contributed by atoms with van der Waals surface area (Å²) in [6, 6.07) is 0. The Morgan fingerprint density at radius 3 is 2.60 bits per heavy atom. The molecule has 0 radical (unpaired) electrons. The molecule has 0 aliphatic heterocycles. The summed E-state index contributed by atoms with van der Waals surface area (Å²) in [7, 11) is 0.556. The van der Waals surface area contributed by atoms with Gasteiger partial charge >= 0.3 is 30.8 Å². The van der Waals surface area contributed by atoms with Crippen LogP contribution in [0, 0.1) is 0 Å². The molecule has 0 aromatic carbocycles. The molecule has 0 spiro atoms. The topological polar surface area (TPSA) is 0 Å². The predicted molar refractivity (Wildman–Crippen MR) is 23.2 cm³/mol. The van der Waals surface area contributed by atoms with Crippen LogP contribution in [-0.2, 0) is 0 Å². The quantitative estimate of drug-likeness (QED) is 0.401. The van der Waals surface area contributed by atoms with Gasteiger partial charge in [-0.3, -0.25) is 0 Å². The van der Waals surface area contributed by atoms with Crippen molar-refractivity contribution in [3.8, 4) is 0 Å². The molecule has 0 N–H and O–H groups in total. The van der Waals surface area contributed by atoms with Gasteiger partial charge in [-0.05, 0) is 0 Å². The van der Waals surface area contributed by atoms with Crippen LogP contribution in [0.1, 0.15) is 13.3 Å². The van der Waals surface area contributed by atoms with Crippen molar-refractivity contribution in [3.05, 3.63) is 0 Å². The van der Waals surface area contributed by atoms with Crippen molar-refractivity contribution >= 4 is 13.2 Å². The summed E-state index contributed by atoms with van der Waals surface area (Å²) in [6.45, 7) is 1.88. The van der Waals surface area contributed by atoms with Crippen molar-refractivity contribution in [2.24, 2.45) is 0 Å². The summed E-state index contributed by atoms with van der Waals surface area (Å²) in [5.74, 6) is 1.46. The van der Waals surface area contributed by atoms with E-state index in [2.05, 4.69) is 0 Å². The Kier molecular flexibility index (Phi) is 3.76. The Labute approximate surface area is 32.0 Å². The average molecular weight is 71.9 g/mol. The van der Waals surface area contributed by atoms with Crippen molar-refractivity contribution in [3.63, 3.8) is 0 Å². The van der Waals surface area contributed by atoms with E-state index in [0.717, 1.165) is 6.42 Å². The van der Waals surface area contributed by atoms with Crippen LogP contribution in [0.2, 0.25) is 0 Å². The SMILES string of the molecule is CCC=BF. The monoisotopic (exact) mass is 72.1 g/mol. The number of hydrogen-bond donors (Lipinski definition) is 0. The summed E-state index contributed by atoms with van der Waals surface area (Å²) < 4.78 is 10.8. The number of halogens is 1. The van der Waals surface area contributed by atoms with Crippen molar-refractivity contribution in [1.82, 2.24) is 0 Å². The summed E-state index contributed by atoms with van der Waals surface area (Å²) >= 11 is 0. The fourth-order valence-electron chi connectivity index (χ4n) is 0.0891. The second-order valence-electron chi connectivity index (χ2n) is 0.770. The second-order valence-corrected chi connectivity index (χ2v) is 0.770. The van der Waals surface area contributed by atoms with Crippen LogP contribution in [0.5, 0.6) is 0 Å². The van der Waals surface area contributed by atoms with Gasteiger partial charge in [0.1, 0.15) is 0 Å². The van der Waals surface area contributed by atoms with E-state index in [1.54, 1.807) is 0 Å². The minimum atomic E-state index is 0.556. The molecule has 5 heavy (non-hydrogen) atoms. The van der Waals surface area contributed by atoms with Crippen LogP contribution >= 0.6 is 0 Å². The summed E-state index contributed by atoms with van der Waals surface area (Å²) in [5.41, 5.74) is 0. The molecule has 0 aromatic rings. The van der Waals surface area contributed by atoms with Gasteiger partial charge in [-0.2, -0.15) is 0 Å². The summed E-state index contributed by atoms with van der Waals surface area (Å²) in [6.07, 6.45) is 0.788. The average Bonchev–Trinajstić information content (AvgIpc) is 1.41. The van der Waals surface area contributed by atoms with E-state index in [9.17, 15) is 4.32 Å². The Balaban J connectivity index is 2.62. The van der Waals surface area contributed by atoms with Crippen molar-refractivity contribution in [2.75, 3.05) is 0 Å². The van der Waals surface area contributed by atoms with E-state index >= 15 is 0 Å². The fraction of sp³-hybridized carbons (Fsp3) is 0.667. The van der Waals surface area contributed by atoms with Crippen molar-refractivity contribution in [1.29, 1.82) is 0 Å². The summed E-state index contributed by atoms with van der Waals surface area (Å²) in [5, 5.41) is 0. The Hall–Kier alpha value is -0.135. The van der Waals surface area contributed by atoms with Crippen LogP contribution in [0.15, 0.2) is 0 Å². The molecule has 0 aromatic heterocycles. The van der Waals surface area contributed by atoms with Crippen LogP contribution in [0.4, 0.5) is 4.32 Å². The molecule has 0 amide bonds. The zero-order valence-electron chi connectivity index (χ0n) is 3.24. The summed E-state index contributed by atoms with van der Waals surface area (Å²) in [4.78, 5) is 0. The molecule has 0 heterocycles. The Bertz CT molecular complexity index is 33.9. The molecule has 0 aliphatic carbocycles. The van der Waals surface area contributed by atoms with E-state index in [0.29, 0.717) is 7.20 Å². The first-order valence-corrected chi connectivity index (χ1v) is 1.67. The van der Waals surface area contributed by atoms with Crippen LogP contribution < -0.4 is 0 Å². The molecule has 0 unspecified atom stereocenters. The number of hydrogen-bond acceptors (Lipinski definition) is 0. The Morgan fingerprint density at radius 1 is 2.00 bits per heavy atom. The van der Waals surface area contributed by atoms with E-state index in [1.165, 1.54) is 5.97 Å². The molecule has 0 aliphatic rings. The standard InChI is InChI=1S/C3H6BF/c1-2-3-4-5/h3H,2H2,1H3. The van der Waals surface area contributed by atoms with Crippen LogP contribution in [-0.4, -0.2) is 13.2 Å². The Morgan fingerprint density at radius 2 is 2.60 bits per heavy atom. The van der Waals surface area contributed by atoms with Gasteiger partial charge in [-0.1, -0.05) is 0 Å². The predicted octanol–water partition coefficient (Wildman–Crippen LogP) is 0.787. The zero-order valence-corrected chi connectivity index (χ0v) is 3.24.